The number of rotatable bonds is 7. The molecule has 144 valence electrons. The number of halogens is 3. The summed E-state index contributed by atoms with van der Waals surface area (Å²) in [5.41, 5.74) is 0.676. The van der Waals surface area contributed by atoms with Crippen molar-refractivity contribution < 1.29 is 22.7 Å². The summed E-state index contributed by atoms with van der Waals surface area (Å²) in [4.78, 5) is 12.2. The number of methoxy groups -OCH3 is 1. The Kier molecular flexibility index (Phi) is 5.70. The average molecular weight is 378 g/mol. The standard InChI is InChI=1S/C20H21F3N2O2/c1-27-17-10-4-14(5-11-17)19(13-2-3-13)24-12-18(26)25-16-8-6-15(7-9-16)20(21,22)23/h4-11,13,19,24H,2-3,12H2,1H3,(H,25,26). The summed E-state index contributed by atoms with van der Waals surface area (Å²) in [6, 6.07) is 12.2. The first-order valence-corrected chi connectivity index (χ1v) is 8.71. The maximum atomic E-state index is 12.6. The van der Waals surface area contributed by atoms with Gasteiger partial charge in [0.2, 0.25) is 5.91 Å². The molecule has 1 saturated carbocycles. The van der Waals surface area contributed by atoms with Gasteiger partial charge in [-0.3, -0.25) is 4.79 Å². The van der Waals surface area contributed by atoms with E-state index in [4.69, 9.17) is 4.74 Å². The van der Waals surface area contributed by atoms with Crippen molar-refractivity contribution in [1.82, 2.24) is 5.32 Å². The number of nitrogens with one attached hydrogen (secondary N) is 2. The van der Waals surface area contributed by atoms with Crippen LogP contribution in [0.3, 0.4) is 0 Å². The summed E-state index contributed by atoms with van der Waals surface area (Å²) < 4.78 is 42.9. The number of benzene rings is 2. The van der Waals surface area contributed by atoms with Crippen molar-refractivity contribution in [3.8, 4) is 5.75 Å². The SMILES string of the molecule is COc1ccc(C(NCC(=O)Nc2ccc(C(F)(F)F)cc2)C2CC2)cc1. The lowest BCUT2D eigenvalue weighted by molar-refractivity contribution is -0.137. The van der Waals surface area contributed by atoms with Crippen LogP contribution in [-0.4, -0.2) is 19.6 Å². The summed E-state index contributed by atoms with van der Waals surface area (Å²) in [7, 11) is 1.61. The van der Waals surface area contributed by atoms with Gasteiger partial charge in [0, 0.05) is 11.7 Å². The molecule has 0 aromatic heterocycles. The predicted molar refractivity (Wildman–Crippen MR) is 96.5 cm³/mol. The Morgan fingerprint density at radius 1 is 1.11 bits per heavy atom. The highest BCUT2D eigenvalue weighted by Gasteiger charge is 2.32. The molecule has 0 bridgehead atoms. The third-order valence-electron chi connectivity index (χ3n) is 4.55. The van der Waals surface area contributed by atoms with Crippen LogP contribution in [0, 0.1) is 5.92 Å². The second-order valence-corrected chi connectivity index (χ2v) is 6.59. The second-order valence-electron chi connectivity index (χ2n) is 6.59. The van der Waals surface area contributed by atoms with E-state index in [0.29, 0.717) is 11.6 Å². The molecule has 0 aliphatic heterocycles. The lowest BCUT2D eigenvalue weighted by Gasteiger charge is -2.19. The van der Waals surface area contributed by atoms with Crippen LogP contribution in [0.5, 0.6) is 5.75 Å². The van der Waals surface area contributed by atoms with Crippen molar-refractivity contribution >= 4 is 11.6 Å². The molecule has 1 fully saturated rings. The molecule has 1 aliphatic carbocycles. The molecule has 0 heterocycles. The van der Waals surface area contributed by atoms with E-state index in [9.17, 15) is 18.0 Å². The van der Waals surface area contributed by atoms with Crippen LogP contribution < -0.4 is 15.4 Å². The minimum Gasteiger partial charge on any atom is -0.497 e. The fraction of sp³-hybridized carbons (Fsp3) is 0.350. The quantitative estimate of drug-likeness (QED) is 0.751. The maximum absolute atomic E-state index is 12.6. The smallest absolute Gasteiger partial charge is 0.416 e. The molecule has 3 rings (SSSR count). The Hall–Kier alpha value is -2.54. The first kappa shape index (κ1) is 19.2. The summed E-state index contributed by atoms with van der Waals surface area (Å²) in [5.74, 6) is 0.958. The molecule has 27 heavy (non-hydrogen) atoms. The molecule has 4 nitrogen and oxygen atoms in total. The average Bonchev–Trinajstić information content (AvgIpc) is 3.47. The van der Waals surface area contributed by atoms with Crippen LogP contribution in [0.15, 0.2) is 48.5 Å². The van der Waals surface area contributed by atoms with E-state index in [0.717, 1.165) is 36.3 Å². The van der Waals surface area contributed by atoms with E-state index in [2.05, 4.69) is 10.6 Å². The van der Waals surface area contributed by atoms with Gasteiger partial charge in [-0.1, -0.05) is 12.1 Å². The van der Waals surface area contributed by atoms with Crippen molar-refractivity contribution in [2.75, 3.05) is 19.0 Å². The molecular formula is C20H21F3N2O2. The van der Waals surface area contributed by atoms with Gasteiger partial charge in [0.15, 0.2) is 0 Å². The highest BCUT2D eigenvalue weighted by atomic mass is 19.4. The van der Waals surface area contributed by atoms with Crippen molar-refractivity contribution in [3.63, 3.8) is 0 Å². The molecule has 2 aromatic carbocycles. The molecule has 1 unspecified atom stereocenters. The van der Waals surface area contributed by atoms with E-state index in [1.807, 2.05) is 24.3 Å². The number of anilines is 1. The molecule has 1 amide bonds. The van der Waals surface area contributed by atoms with Crippen LogP contribution in [-0.2, 0) is 11.0 Å². The minimum absolute atomic E-state index is 0.0641. The first-order valence-electron chi connectivity index (χ1n) is 8.71. The van der Waals surface area contributed by atoms with Gasteiger partial charge in [0.05, 0.1) is 19.2 Å². The minimum atomic E-state index is -4.39. The molecular weight excluding hydrogens is 357 g/mol. The van der Waals surface area contributed by atoms with Crippen molar-refractivity contribution in [2.45, 2.75) is 25.1 Å². The summed E-state index contributed by atoms with van der Waals surface area (Å²) in [6.07, 6.45) is -2.19. The zero-order valence-electron chi connectivity index (χ0n) is 14.8. The summed E-state index contributed by atoms with van der Waals surface area (Å²) >= 11 is 0. The number of hydrogen-bond donors (Lipinski definition) is 2. The molecule has 1 aliphatic rings. The molecule has 2 N–H and O–H groups in total. The number of alkyl halides is 3. The van der Waals surface area contributed by atoms with Gasteiger partial charge in [-0.2, -0.15) is 13.2 Å². The lowest BCUT2D eigenvalue weighted by Crippen LogP contribution is -2.32. The lowest BCUT2D eigenvalue weighted by atomic mass is 10.0. The van der Waals surface area contributed by atoms with Gasteiger partial charge in [0.25, 0.3) is 0 Å². The number of ether oxygens (including phenoxy) is 1. The molecule has 0 saturated heterocycles. The van der Waals surface area contributed by atoms with Crippen LogP contribution in [0.4, 0.5) is 18.9 Å². The van der Waals surface area contributed by atoms with E-state index >= 15 is 0 Å². The molecule has 1 atom stereocenters. The monoisotopic (exact) mass is 378 g/mol. The normalized spacial score (nSPS) is 15.3. The number of hydrogen-bond acceptors (Lipinski definition) is 3. The molecule has 0 spiro atoms. The van der Waals surface area contributed by atoms with E-state index in [-0.39, 0.29) is 18.5 Å². The number of carbonyl (C=O) groups is 1. The van der Waals surface area contributed by atoms with Crippen molar-refractivity contribution in [1.29, 1.82) is 0 Å². The Balaban J connectivity index is 1.56. The van der Waals surface area contributed by atoms with E-state index in [1.54, 1.807) is 7.11 Å². The Bertz CT molecular complexity index is 769. The second kappa shape index (κ2) is 8.00. The Labute approximate surface area is 155 Å². The fourth-order valence-corrected chi connectivity index (χ4v) is 2.95. The molecule has 0 radical (unpaired) electrons. The number of carbonyl (C=O) groups excluding carboxylic acids is 1. The topological polar surface area (TPSA) is 50.4 Å². The van der Waals surface area contributed by atoms with Crippen LogP contribution >= 0.6 is 0 Å². The van der Waals surface area contributed by atoms with E-state index in [1.165, 1.54) is 12.1 Å². The largest absolute Gasteiger partial charge is 0.497 e. The molecule has 7 heteroatoms. The Morgan fingerprint density at radius 2 is 1.74 bits per heavy atom. The third-order valence-corrected chi connectivity index (χ3v) is 4.55. The third kappa shape index (κ3) is 5.23. The van der Waals surface area contributed by atoms with Gasteiger partial charge >= 0.3 is 6.18 Å². The van der Waals surface area contributed by atoms with E-state index < -0.39 is 11.7 Å². The highest BCUT2D eigenvalue weighted by Crippen LogP contribution is 2.41. The molecule has 2 aromatic rings. The zero-order valence-corrected chi connectivity index (χ0v) is 14.8. The predicted octanol–water partition coefficient (Wildman–Crippen LogP) is 4.39. The van der Waals surface area contributed by atoms with Gasteiger partial charge in [-0.25, -0.2) is 0 Å². The Morgan fingerprint density at radius 3 is 2.26 bits per heavy atom. The highest BCUT2D eigenvalue weighted by molar-refractivity contribution is 5.92. The first-order chi connectivity index (χ1) is 12.9. The zero-order chi connectivity index (χ0) is 19.4. The summed E-state index contributed by atoms with van der Waals surface area (Å²) in [6.45, 7) is 0.0776. The number of amides is 1. The fourth-order valence-electron chi connectivity index (χ4n) is 2.95. The summed E-state index contributed by atoms with van der Waals surface area (Å²) in [5, 5.41) is 5.87. The van der Waals surface area contributed by atoms with Crippen LogP contribution in [0.1, 0.15) is 30.0 Å². The van der Waals surface area contributed by atoms with Gasteiger partial charge in [-0.05, 0) is 60.7 Å². The van der Waals surface area contributed by atoms with Crippen LogP contribution in [0.2, 0.25) is 0 Å². The van der Waals surface area contributed by atoms with Gasteiger partial charge in [-0.15, -0.1) is 0 Å². The van der Waals surface area contributed by atoms with Crippen molar-refractivity contribution in [3.05, 3.63) is 59.7 Å². The van der Waals surface area contributed by atoms with Crippen molar-refractivity contribution in [2.24, 2.45) is 5.92 Å². The van der Waals surface area contributed by atoms with Crippen LogP contribution in [0.25, 0.3) is 0 Å². The van der Waals surface area contributed by atoms with Gasteiger partial charge in [0.1, 0.15) is 5.75 Å². The van der Waals surface area contributed by atoms with Gasteiger partial charge < -0.3 is 15.4 Å². The maximum Gasteiger partial charge on any atom is 0.416 e.